The number of nitrogens with one attached hydrogen (secondary N) is 2. The van der Waals surface area contributed by atoms with Crippen molar-refractivity contribution in [3.05, 3.63) is 0 Å². The molecule has 0 saturated carbocycles. The number of carboxylic acid groups (broad SMARTS) is 1. The lowest BCUT2D eigenvalue weighted by molar-refractivity contribution is -0.160. The first-order chi connectivity index (χ1) is 17.4. The maximum atomic E-state index is 14.0. The highest BCUT2D eigenvalue weighted by atomic mass is 16.4. The summed E-state index contributed by atoms with van der Waals surface area (Å²) in [5.41, 5.74) is 11.9. The van der Waals surface area contributed by atoms with Crippen molar-refractivity contribution in [2.24, 2.45) is 35.1 Å². The second-order valence-electron chi connectivity index (χ2n) is 11.3. The number of aliphatic hydroxyl groups is 1. The van der Waals surface area contributed by atoms with E-state index in [2.05, 4.69) is 10.6 Å². The molecule has 0 saturated heterocycles. The van der Waals surface area contributed by atoms with Crippen molar-refractivity contribution in [1.29, 1.82) is 0 Å². The van der Waals surface area contributed by atoms with Crippen LogP contribution < -0.4 is 22.1 Å². The van der Waals surface area contributed by atoms with Gasteiger partial charge < -0.3 is 32.3 Å². The van der Waals surface area contributed by atoms with Crippen LogP contribution in [0, 0.1) is 23.7 Å². The number of amides is 4. The maximum Gasteiger partial charge on any atom is 0.326 e. The van der Waals surface area contributed by atoms with Gasteiger partial charge in [0.25, 0.3) is 11.8 Å². The fourth-order valence-electron chi connectivity index (χ4n) is 3.72. The predicted octanol–water partition coefficient (Wildman–Crippen LogP) is 0.204. The lowest BCUT2D eigenvalue weighted by Gasteiger charge is -2.37. The summed E-state index contributed by atoms with van der Waals surface area (Å²) in [7, 11) is 0. The first kappa shape index (κ1) is 35.4. The van der Waals surface area contributed by atoms with E-state index in [-0.39, 0.29) is 24.7 Å². The van der Waals surface area contributed by atoms with Gasteiger partial charge in [-0.05, 0) is 36.5 Å². The Morgan fingerprint density at radius 2 is 1.24 bits per heavy atom. The van der Waals surface area contributed by atoms with Crippen molar-refractivity contribution >= 4 is 29.6 Å². The molecule has 8 N–H and O–H groups in total. The van der Waals surface area contributed by atoms with Crippen molar-refractivity contribution in [2.75, 3.05) is 0 Å². The second kappa shape index (κ2) is 15.7. The van der Waals surface area contributed by atoms with Gasteiger partial charge in [0, 0.05) is 6.04 Å². The van der Waals surface area contributed by atoms with E-state index in [1.165, 1.54) is 0 Å². The van der Waals surface area contributed by atoms with Gasteiger partial charge in [-0.25, -0.2) is 4.79 Å². The highest BCUT2D eigenvalue weighted by Gasteiger charge is 2.44. The smallest absolute Gasteiger partial charge is 0.326 e. The average Bonchev–Trinajstić information content (AvgIpc) is 2.82. The Kier molecular flexibility index (Phi) is 14.7. The second-order valence-corrected chi connectivity index (χ2v) is 11.3. The van der Waals surface area contributed by atoms with E-state index in [0.29, 0.717) is 4.90 Å². The van der Waals surface area contributed by atoms with Crippen LogP contribution in [0.2, 0.25) is 0 Å². The number of hydrogen-bond acceptors (Lipinski definition) is 8. The maximum absolute atomic E-state index is 14.0. The number of imide groups is 1. The van der Waals surface area contributed by atoms with Crippen LogP contribution in [-0.4, -0.2) is 81.0 Å². The van der Waals surface area contributed by atoms with Gasteiger partial charge in [0.2, 0.25) is 11.8 Å². The molecule has 0 spiro atoms. The van der Waals surface area contributed by atoms with Gasteiger partial charge in [0.1, 0.15) is 24.2 Å². The number of nitrogens with zero attached hydrogens (tertiary/aromatic N) is 1. The molecule has 4 amide bonds. The molecule has 12 heteroatoms. The van der Waals surface area contributed by atoms with Crippen molar-refractivity contribution in [2.45, 2.75) is 111 Å². The molecule has 0 rings (SSSR count). The number of rotatable bonds is 15. The van der Waals surface area contributed by atoms with Crippen LogP contribution in [0.3, 0.4) is 0 Å². The fraction of sp³-hybridized carbons (Fsp3) is 0.808. The van der Waals surface area contributed by atoms with Crippen molar-refractivity contribution in [1.82, 2.24) is 15.5 Å². The van der Waals surface area contributed by atoms with Gasteiger partial charge in [-0.1, -0.05) is 62.3 Å². The highest BCUT2D eigenvalue weighted by molar-refractivity contribution is 6.05. The third kappa shape index (κ3) is 9.95. The van der Waals surface area contributed by atoms with Crippen LogP contribution in [0.5, 0.6) is 0 Å². The highest BCUT2D eigenvalue weighted by Crippen LogP contribution is 2.20. The molecule has 38 heavy (non-hydrogen) atoms. The van der Waals surface area contributed by atoms with Crippen LogP contribution in [0.25, 0.3) is 0 Å². The van der Waals surface area contributed by atoms with Crippen molar-refractivity contribution < 1.29 is 34.2 Å². The Hall–Kier alpha value is -2.57. The molecule has 1 unspecified atom stereocenters. The lowest BCUT2D eigenvalue weighted by atomic mass is 9.95. The van der Waals surface area contributed by atoms with E-state index >= 15 is 0 Å². The topological polar surface area (TPSA) is 205 Å². The zero-order chi connectivity index (χ0) is 30.1. The van der Waals surface area contributed by atoms with Gasteiger partial charge in [-0.3, -0.25) is 24.1 Å². The molecule has 0 aromatic rings. The molecule has 0 aromatic heterocycles. The number of hydrogen-bond donors (Lipinski definition) is 6. The molecular weight excluding hydrogens is 494 g/mol. The fourth-order valence-corrected chi connectivity index (χ4v) is 3.72. The minimum absolute atomic E-state index is 0.0217. The number of carbonyl (C=O) groups excluding carboxylic acids is 4. The molecule has 0 aliphatic heterocycles. The molecule has 6 atom stereocenters. The summed E-state index contributed by atoms with van der Waals surface area (Å²) in [4.78, 5) is 66.1. The Morgan fingerprint density at radius 1 is 0.763 bits per heavy atom. The normalized spacial score (nSPS) is 16.5. The molecule has 12 nitrogen and oxygen atoms in total. The number of carboxylic acids is 1. The third-order valence-electron chi connectivity index (χ3n) is 6.40. The summed E-state index contributed by atoms with van der Waals surface area (Å²) >= 11 is 0. The zero-order valence-corrected chi connectivity index (χ0v) is 24.2. The summed E-state index contributed by atoms with van der Waals surface area (Å²) in [6, 6.07) is -5.96. The Bertz CT molecular complexity index is 831. The van der Waals surface area contributed by atoms with Gasteiger partial charge >= 0.3 is 5.97 Å². The molecule has 220 valence electrons. The van der Waals surface area contributed by atoms with E-state index in [0.717, 1.165) is 0 Å². The summed E-state index contributed by atoms with van der Waals surface area (Å²) < 4.78 is 0. The summed E-state index contributed by atoms with van der Waals surface area (Å²) in [6.45, 7) is 15.2. The van der Waals surface area contributed by atoms with Gasteiger partial charge in [-0.2, -0.15) is 0 Å². The molecule has 0 fully saturated rings. The van der Waals surface area contributed by atoms with Crippen LogP contribution in [-0.2, 0) is 24.0 Å². The van der Waals surface area contributed by atoms with E-state index in [1.807, 2.05) is 0 Å². The molecule has 0 bridgehead atoms. The first-order valence-corrected chi connectivity index (χ1v) is 13.3. The summed E-state index contributed by atoms with van der Waals surface area (Å²) in [5, 5.41) is 25.3. The minimum Gasteiger partial charge on any atom is -0.480 e. The molecule has 0 aliphatic rings. The molecule has 0 aromatic carbocycles. The predicted molar refractivity (Wildman–Crippen MR) is 143 cm³/mol. The molecular formula is C26H49N5O7. The summed E-state index contributed by atoms with van der Waals surface area (Å²) in [5.74, 6) is -6.24. The molecule has 0 heterocycles. The van der Waals surface area contributed by atoms with Crippen LogP contribution >= 0.6 is 0 Å². The molecule has 0 radical (unpaired) electrons. The summed E-state index contributed by atoms with van der Waals surface area (Å²) in [6.07, 6.45) is -1.63. The van der Waals surface area contributed by atoms with Crippen molar-refractivity contribution in [3.8, 4) is 0 Å². The Morgan fingerprint density at radius 3 is 1.61 bits per heavy atom. The van der Waals surface area contributed by atoms with Gasteiger partial charge in [0.15, 0.2) is 0 Å². The van der Waals surface area contributed by atoms with Crippen molar-refractivity contribution in [3.63, 3.8) is 0 Å². The number of aliphatic carboxylic acids is 1. The quantitative estimate of drug-likeness (QED) is 0.167. The van der Waals surface area contributed by atoms with E-state index in [1.54, 1.807) is 62.3 Å². The largest absolute Gasteiger partial charge is 0.480 e. The van der Waals surface area contributed by atoms with E-state index < -0.39 is 77.7 Å². The van der Waals surface area contributed by atoms with Crippen LogP contribution in [0.4, 0.5) is 0 Å². The van der Waals surface area contributed by atoms with E-state index in [4.69, 9.17) is 11.5 Å². The monoisotopic (exact) mass is 543 g/mol. The lowest BCUT2D eigenvalue weighted by Crippen LogP contribution is -2.64. The minimum atomic E-state index is -1.81. The first-order valence-electron chi connectivity index (χ1n) is 13.3. The third-order valence-corrected chi connectivity index (χ3v) is 6.40. The Balaban J connectivity index is 6.77. The van der Waals surface area contributed by atoms with Crippen LogP contribution in [0.1, 0.15) is 75.2 Å². The zero-order valence-electron chi connectivity index (χ0n) is 24.2. The van der Waals surface area contributed by atoms with E-state index in [9.17, 15) is 34.2 Å². The number of nitrogens with two attached hydrogens (primary N) is 2. The SMILES string of the molecule is CC[C@@H](N)C(O)C(=O)N(C(=O)[C@@H](NC(=O)[C@@H](N)C(C)C)C(C)C)[C@H](CC(C)C)C(=O)N[C@H](C(=O)O)C(C)C. The Labute approximate surface area is 226 Å². The number of aliphatic hydroxyl groups excluding tert-OH is 1. The van der Waals surface area contributed by atoms with Crippen LogP contribution in [0.15, 0.2) is 0 Å². The number of carbonyl (C=O) groups is 5. The standard InChI is InChI=1S/C26H49N5O7/c1-10-16(27)21(32)25(36)31(24(35)19(14(6)7)29-23(34)18(28)13(4)5)17(11-12(2)3)22(33)30-20(15(8)9)26(37)38/h12-21,32H,10-11,27-28H2,1-9H3,(H,29,34)(H,30,33)(H,37,38)/t16-,17-,18+,19+,20+,21?/m1/s1. The average molecular weight is 544 g/mol. The van der Waals surface area contributed by atoms with Gasteiger partial charge in [0.05, 0.1) is 6.04 Å². The molecule has 0 aliphatic carbocycles. The van der Waals surface area contributed by atoms with Gasteiger partial charge in [-0.15, -0.1) is 0 Å².